The van der Waals surface area contributed by atoms with Gasteiger partial charge in [0.2, 0.25) is 5.75 Å². The van der Waals surface area contributed by atoms with Gasteiger partial charge >= 0.3 is 18.3 Å². The van der Waals surface area contributed by atoms with Crippen LogP contribution in [0.2, 0.25) is 0 Å². The summed E-state index contributed by atoms with van der Waals surface area (Å²) in [5, 5.41) is 11.1. The molecule has 0 N–H and O–H groups in total. The molecule has 0 aliphatic carbocycles. The van der Waals surface area contributed by atoms with E-state index in [4.69, 9.17) is 0 Å². The van der Waals surface area contributed by atoms with E-state index in [1.165, 1.54) is 13.0 Å². The Morgan fingerprint density at radius 1 is 1.50 bits per heavy atom. The molecule has 6 nitrogen and oxygen atoms in total. The number of nitro benzene ring substituents is 1. The Kier molecular flexibility index (Phi) is 5.81. The van der Waals surface area contributed by atoms with Crippen LogP contribution in [0.4, 0.5) is 14.5 Å². The molecule has 0 radical (unpaired) electrons. The summed E-state index contributed by atoms with van der Waals surface area (Å²) in [7, 11) is 0. The number of halogens is 3. The van der Waals surface area contributed by atoms with Gasteiger partial charge in [-0.05, 0) is 18.6 Å². The first-order valence-corrected chi connectivity index (χ1v) is 6.52. The number of alkyl halides is 3. The SMILES string of the molecule is CCOC(=O)c1cc(CBr)cc([N+](=O)[O-])c1OC(F)F. The fourth-order valence-electron chi connectivity index (χ4n) is 1.46. The van der Waals surface area contributed by atoms with Crippen LogP contribution in [0.3, 0.4) is 0 Å². The maximum Gasteiger partial charge on any atom is 0.387 e. The van der Waals surface area contributed by atoms with Gasteiger partial charge in [0.05, 0.1) is 11.5 Å². The van der Waals surface area contributed by atoms with Gasteiger partial charge in [-0.25, -0.2) is 4.79 Å². The molecule has 110 valence electrons. The first kappa shape index (κ1) is 16.3. The lowest BCUT2D eigenvalue weighted by atomic mass is 10.1. The summed E-state index contributed by atoms with van der Waals surface area (Å²) in [6.07, 6.45) is 0. The number of esters is 1. The molecule has 0 bridgehead atoms. The average Bonchev–Trinajstić information content (AvgIpc) is 2.38. The number of hydrogen-bond acceptors (Lipinski definition) is 5. The fourth-order valence-corrected chi connectivity index (χ4v) is 1.78. The van der Waals surface area contributed by atoms with Crippen molar-refractivity contribution < 1.29 is 28.0 Å². The van der Waals surface area contributed by atoms with E-state index in [1.54, 1.807) is 0 Å². The highest BCUT2D eigenvalue weighted by Gasteiger charge is 2.28. The number of carbonyl (C=O) groups excluding carboxylic acids is 1. The van der Waals surface area contributed by atoms with Gasteiger partial charge in [-0.1, -0.05) is 15.9 Å². The Morgan fingerprint density at radius 2 is 2.15 bits per heavy atom. The van der Waals surface area contributed by atoms with Crippen molar-refractivity contribution in [3.63, 3.8) is 0 Å². The molecule has 0 spiro atoms. The summed E-state index contributed by atoms with van der Waals surface area (Å²) in [6.45, 7) is -1.77. The zero-order valence-electron chi connectivity index (χ0n) is 10.3. The van der Waals surface area contributed by atoms with Gasteiger partial charge in [0.15, 0.2) is 0 Å². The lowest BCUT2D eigenvalue weighted by Crippen LogP contribution is -2.13. The molecule has 0 aliphatic rings. The number of rotatable bonds is 6. The quantitative estimate of drug-likeness (QED) is 0.339. The highest BCUT2D eigenvalue weighted by Crippen LogP contribution is 2.35. The van der Waals surface area contributed by atoms with Gasteiger partial charge in [-0.3, -0.25) is 10.1 Å². The minimum Gasteiger partial charge on any atom is -0.462 e. The summed E-state index contributed by atoms with van der Waals surface area (Å²) in [6, 6.07) is 2.26. The van der Waals surface area contributed by atoms with Crippen LogP contribution < -0.4 is 4.74 Å². The van der Waals surface area contributed by atoms with E-state index in [1.807, 2.05) is 0 Å². The van der Waals surface area contributed by atoms with Gasteiger partial charge in [-0.15, -0.1) is 0 Å². The largest absolute Gasteiger partial charge is 0.462 e. The van der Waals surface area contributed by atoms with Gasteiger partial charge in [0.25, 0.3) is 0 Å². The van der Waals surface area contributed by atoms with Gasteiger partial charge < -0.3 is 9.47 Å². The molecule has 0 atom stereocenters. The first-order chi connectivity index (χ1) is 9.40. The fraction of sp³-hybridized carbons (Fsp3) is 0.364. The van der Waals surface area contributed by atoms with Crippen molar-refractivity contribution >= 4 is 27.6 Å². The van der Waals surface area contributed by atoms with Crippen molar-refractivity contribution in [1.82, 2.24) is 0 Å². The molecule has 1 rings (SSSR count). The van der Waals surface area contributed by atoms with Crippen LogP contribution in [0.15, 0.2) is 12.1 Å². The second-order valence-electron chi connectivity index (χ2n) is 3.48. The van der Waals surface area contributed by atoms with Crippen LogP contribution in [-0.4, -0.2) is 24.1 Å². The summed E-state index contributed by atoms with van der Waals surface area (Å²) in [4.78, 5) is 21.7. The third kappa shape index (κ3) is 3.86. The van der Waals surface area contributed by atoms with Crippen LogP contribution in [0, 0.1) is 10.1 Å². The molecule has 0 fully saturated rings. The maximum atomic E-state index is 12.4. The van der Waals surface area contributed by atoms with E-state index in [0.717, 1.165) is 6.07 Å². The van der Waals surface area contributed by atoms with E-state index in [-0.39, 0.29) is 11.9 Å². The molecule has 0 saturated heterocycles. The molecule has 1 aromatic carbocycles. The van der Waals surface area contributed by atoms with E-state index < -0.39 is 34.5 Å². The van der Waals surface area contributed by atoms with E-state index in [0.29, 0.717) is 5.56 Å². The minimum absolute atomic E-state index is 0.000705. The van der Waals surface area contributed by atoms with Crippen molar-refractivity contribution in [2.24, 2.45) is 0 Å². The third-order valence-electron chi connectivity index (χ3n) is 2.18. The number of carbonyl (C=O) groups is 1. The Balaban J connectivity index is 3.46. The van der Waals surface area contributed by atoms with E-state index >= 15 is 0 Å². The minimum atomic E-state index is -3.29. The molecule has 0 aliphatic heterocycles. The second-order valence-corrected chi connectivity index (χ2v) is 4.04. The summed E-state index contributed by atoms with van der Waals surface area (Å²) < 4.78 is 33.5. The Labute approximate surface area is 120 Å². The number of nitrogens with zero attached hydrogens (tertiary/aromatic N) is 1. The molecule has 0 heterocycles. The zero-order chi connectivity index (χ0) is 15.3. The molecular weight excluding hydrogens is 344 g/mol. The maximum absolute atomic E-state index is 12.4. The second kappa shape index (κ2) is 7.13. The number of ether oxygens (including phenoxy) is 2. The number of benzene rings is 1. The average molecular weight is 354 g/mol. The Hall–Kier alpha value is -1.77. The molecule has 0 saturated carbocycles. The molecular formula is C11H10BrF2NO5. The van der Waals surface area contributed by atoms with Gasteiger partial charge in [0.1, 0.15) is 5.56 Å². The summed E-state index contributed by atoms with van der Waals surface area (Å²) in [5.74, 6) is -1.76. The van der Waals surface area contributed by atoms with Crippen LogP contribution in [0.25, 0.3) is 0 Å². The summed E-state index contributed by atoms with van der Waals surface area (Å²) in [5.41, 5.74) is -0.762. The van der Waals surface area contributed by atoms with Gasteiger partial charge in [0, 0.05) is 11.4 Å². The highest BCUT2D eigenvalue weighted by atomic mass is 79.9. The third-order valence-corrected chi connectivity index (χ3v) is 2.83. The van der Waals surface area contributed by atoms with E-state index in [9.17, 15) is 23.7 Å². The molecule has 0 aromatic heterocycles. The zero-order valence-corrected chi connectivity index (χ0v) is 11.9. The van der Waals surface area contributed by atoms with Gasteiger partial charge in [-0.2, -0.15) is 8.78 Å². The van der Waals surface area contributed by atoms with Crippen molar-refractivity contribution in [2.45, 2.75) is 18.9 Å². The Bertz CT molecular complexity index is 524. The lowest BCUT2D eigenvalue weighted by molar-refractivity contribution is -0.386. The molecule has 1 aromatic rings. The predicted octanol–water partition coefficient (Wildman–Crippen LogP) is 3.27. The highest BCUT2D eigenvalue weighted by molar-refractivity contribution is 9.08. The predicted molar refractivity (Wildman–Crippen MR) is 68.3 cm³/mol. The van der Waals surface area contributed by atoms with E-state index in [2.05, 4.69) is 25.4 Å². The standard InChI is InChI=1S/C11H10BrF2NO5/c1-2-19-10(16)7-3-6(5-12)4-8(15(17)18)9(7)20-11(13)14/h3-4,11H,2,5H2,1H3. The molecule has 20 heavy (non-hydrogen) atoms. The van der Waals surface area contributed by atoms with Crippen molar-refractivity contribution in [3.8, 4) is 5.75 Å². The number of hydrogen-bond donors (Lipinski definition) is 0. The summed E-state index contributed by atoms with van der Waals surface area (Å²) >= 11 is 3.07. The lowest BCUT2D eigenvalue weighted by Gasteiger charge is -2.11. The van der Waals surface area contributed by atoms with Crippen molar-refractivity contribution in [3.05, 3.63) is 33.4 Å². The molecule has 9 heteroatoms. The van der Waals surface area contributed by atoms with Crippen LogP contribution in [0.1, 0.15) is 22.8 Å². The van der Waals surface area contributed by atoms with Crippen LogP contribution in [-0.2, 0) is 10.1 Å². The topological polar surface area (TPSA) is 78.7 Å². The number of nitro groups is 1. The van der Waals surface area contributed by atoms with Crippen molar-refractivity contribution in [1.29, 1.82) is 0 Å². The molecule has 0 amide bonds. The monoisotopic (exact) mass is 353 g/mol. The molecule has 0 unspecified atom stereocenters. The van der Waals surface area contributed by atoms with Crippen molar-refractivity contribution in [2.75, 3.05) is 6.61 Å². The Morgan fingerprint density at radius 3 is 2.60 bits per heavy atom. The first-order valence-electron chi connectivity index (χ1n) is 5.39. The normalized spacial score (nSPS) is 10.4. The van der Waals surface area contributed by atoms with Crippen LogP contribution in [0.5, 0.6) is 5.75 Å². The smallest absolute Gasteiger partial charge is 0.387 e. The van der Waals surface area contributed by atoms with Crippen LogP contribution >= 0.6 is 15.9 Å².